The molecule has 0 unspecified atom stereocenters. The first-order chi connectivity index (χ1) is 14.3. The van der Waals surface area contributed by atoms with E-state index < -0.39 is 10.9 Å². The Morgan fingerprint density at radius 1 is 1.20 bits per heavy atom. The summed E-state index contributed by atoms with van der Waals surface area (Å²) in [6, 6.07) is 6.98. The molecule has 1 saturated carbocycles. The zero-order valence-electron chi connectivity index (χ0n) is 18.2. The Morgan fingerprint density at radius 2 is 1.97 bits per heavy atom. The number of ether oxygens (including phenoxy) is 2. The number of nitrogens with zero attached hydrogens (tertiary/aromatic N) is 3. The molecule has 0 bridgehead atoms. The largest absolute Gasteiger partial charge is 0.475 e. The van der Waals surface area contributed by atoms with Gasteiger partial charge in [-0.25, -0.2) is 15.0 Å². The third-order valence-electron chi connectivity index (χ3n) is 7.76. The van der Waals surface area contributed by atoms with Gasteiger partial charge >= 0.3 is 0 Å². The number of aliphatic imine (C=N–C) groups is 1. The summed E-state index contributed by atoms with van der Waals surface area (Å²) in [5.74, 6) is 0.449. The second kappa shape index (κ2) is 6.58. The Kier molecular flexibility index (Phi) is 4.30. The van der Waals surface area contributed by atoms with Crippen molar-refractivity contribution in [3.63, 3.8) is 0 Å². The lowest BCUT2D eigenvalue weighted by Crippen LogP contribution is -2.60. The van der Waals surface area contributed by atoms with Gasteiger partial charge in [-0.05, 0) is 54.4 Å². The van der Waals surface area contributed by atoms with E-state index >= 15 is 0 Å². The van der Waals surface area contributed by atoms with Crippen LogP contribution >= 0.6 is 0 Å². The molecule has 5 rings (SSSR count). The van der Waals surface area contributed by atoms with Gasteiger partial charge in [-0.15, -0.1) is 0 Å². The van der Waals surface area contributed by atoms with Gasteiger partial charge in [-0.1, -0.05) is 19.1 Å². The molecule has 3 aliphatic rings. The van der Waals surface area contributed by atoms with E-state index in [1.807, 2.05) is 19.5 Å². The number of hydrogen-bond acceptors (Lipinski definition) is 6. The predicted octanol–water partition coefficient (Wildman–Crippen LogP) is 0.981. The second-order valence-electron chi connectivity index (χ2n) is 9.72. The standard InChI is InChI=1S/C22H28B2N4O2/c1-13-8-20(6-5-18(13)29-2)9-15-4-3-14(16-10-26-12-27-11-16)7-17(15)21(20)22(23,24)30-19(25)28-21/h3-4,7,10-13,18H,5-6,8-9,23-24H2,1-2H3,(H2,25,28)/t13-,18-,20-,21-/m0/s1. The zero-order valence-corrected chi connectivity index (χ0v) is 18.2. The lowest BCUT2D eigenvalue weighted by molar-refractivity contribution is -0.0559. The van der Waals surface area contributed by atoms with Crippen molar-refractivity contribution < 1.29 is 9.47 Å². The first kappa shape index (κ1) is 19.6. The van der Waals surface area contributed by atoms with E-state index in [0.717, 1.165) is 36.8 Å². The molecular weight excluding hydrogens is 374 g/mol. The van der Waals surface area contributed by atoms with Gasteiger partial charge in [0.05, 0.1) is 11.5 Å². The van der Waals surface area contributed by atoms with Gasteiger partial charge in [0.1, 0.15) is 11.9 Å². The molecule has 2 aromatic rings. The van der Waals surface area contributed by atoms with Gasteiger partial charge in [0, 0.05) is 30.5 Å². The minimum Gasteiger partial charge on any atom is -0.475 e. The number of hydrogen-bond donors (Lipinski definition) is 1. The number of benzene rings is 1. The summed E-state index contributed by atoms with van der Waals surface area (Å²) >= 11 is 0. The first-order valence-electron chi connectivity index (χ1n) is 10.8. The molecule has 2 heterocycles. The monoisotopic (exact) mass is 402 g/mol. The Bertz CT molecular complexity index is 1020. The second-order valence-corrected chi connectivity index (χ2v) is 9.72. The lowest BCUT2D eigenvalue weighted by Gasteiger charge is -2.53. The Hall–Kier alpha value is -2.34. The van der Waals surface area contributed by atoms with Crippen LogP contribution in [-0.2, 0) is 21.4 Å². The minimum atomic E-state index is -0.534. The highest BCUT2D eigenvalue weighted by Crippen LogP contribution is 2.65. The molecule has 0 amide bonds. The van der Waals surface area contributed by atoms with Crippen LogP contribution < -0.4 is 5.73 Å². The predicted molar refractivity (Wildman–Crippen MR) is 122 cm³/mol. The van der Waals surface area contributed by atoms with Crippen molar-refractivity contribution in [2.75, 3.05) is 7.11 Å². The maximum atomic E-state index is 6.23. The van der Waals surface area contributed by atoms with E-state index in [9.17, 15) is 0 Å². The SMILES string of the molecule is BC1(B)OC(N)=N[C@]12c1cc(-c3cncnc3)ccc1C[C@@]21CC[C@H](OC)[C@@H](C)C1. The number of rotatable bonds is 2. The zero-order chi connectivity index (χ0) is 21.1. The number of fused-ring (bicyclic) bond motifs is 3. The highest BCUT2D eigenvalue weighted by atomic mass is 16.5. The Morgan fingerprint density at radius 3 is 2.60 bits per heavy atom. The molecule has 0 saturated heterocycles. The topological polar surface area (TPSA) is 82.6 Å². The van der Waals surface area contributed by atoms with Crippen LogP contribution in [0.25, 0.3) is 11.1 Å². The summed E-state index contributed by atoms with van der Waals surface area (Å²) in [5, 5.41) is -0.534. The summed E-state index contributed by atoms with van der Waals surface area (Å²) in [6.07, 6.45) is 9.64. The van der Waals surface area contributed by atoms with Crippen LogP contribution in [0.5, 0.6) is 0 Å². The molecule has 154 valence electrons. The van der Waals surface area contributed by atoms with E-state index in [0.29, 0.717) is 18.0 Å². The molecule has 2 N–H and O–H groups in total. The van der Waals surface area contributed by atoms with Crippen molar-refractivity contribution in [3.8, 4) is 11.1 Å². The van der Waals surface area contributed by atoms with Crippen LogP contribution in [0.15, 0.2) is 41.9 Å². The fourth-order valence-electron chi connectivity index (χ4n) is 6.67. The Balaban J connectivity index is 1.70. The minimum absolute atomic E-state index is 0.0415. The molecule has 1 aliphatic heterocycles. The fraction of sp³-hybridized carbons (Fsp3) is 0.500. The molecule has 1 aromatic heterocycles. The molecule has 8 heteroatoms. The van der Waals surface area contributed by atoms with E-state index in [1.165, 1.54) is 11.1 Å². The third kappa shape index (κ3) is 2.52. The average molecular weight is 402 g/mol. The van der Waals surface area contributed by atoms with Gasteiger partial charge < -0.3 is 15.2 Å². The number of aromatic nitrogens is 2. The molecule has 2 aliphatic carbocycles. The number of amidine groups is 1. The van der Waals surface area contributed by atoms with E-state index in [-0.39, 0.29) is 5.41 Å². The molecule has 1 aromatic carbocycles. The van der Waals surface area contributed by atoms with Crippen molar-refractivity contribution in [1.29, 1.82) is 0 Å². The Labute approximate surface area is 179 Å². The number of nitrogens with two attached hydrogens (primary N) is 1. The fourth-order valence-corrected chi connectivity index (χ4v) is 6.67. The maximum absolute atomic E-state index is 6.23. The first-order valence-corrected chi connectivity index (χ1v) is 10.8. The van der Waals surface area contributed by atoms with E-state index in [2.05, 4.69) is 50.8 Å². The molecular formula is C22H28B2N4O2. The number of methoxy groups -OCH3 is 1. The van der Waals surface area contributed by atoms with Crippen molar-refractivity contribution in [2.24, 2.45) is 22.1 Å². The van der Waals surface area contributed by atoms with Gasteiger partial charge in [-0.3, -0.25) is 0 Å². The van der Waals surface area contributed by atoms with Crippen LogP contribution in [0.1, 0.15) is 37.3 Å². The maximum Gasteiger partial charge on any atom is 0.282 e. The van der Waals surface area contributed by atoms with Gasteiger partial charge in [0.15, 0.2) is 15.7 Å². The highest BCUT2D eigenvalue weighted by Gasteiger charge is 2.68. The highest BCUT2D eigenvalue weighted by molar-refractivity contribution is 6.41. The summed E-state index contributed by atoms with van der Waals surface area (Å²) < 4.78 is 12.0. The average Bonchev–Trinajstić information content (AvgIpc) is 3.13. The summed E-state index contributed by atoms with van der Waals surface area (Å²) in [4.78, 5) is 13.5. The smallest absolute Gasteiger partial charge is 0.282 e. The van der Waals surface area contributed by atoms with Crippen LogP contribution in [-0.4, -0.2) is 50.3 Å². The van der Waals surface area contributed by atoms with E-state index in [1.54, 1.807) is 6.33 Å². The molecule has 1 fully saturated rings. The van der Waals surface area contributed by atoms with Crippen LogP contribution in [0.4, 0.5) is 0 Å². The van der Waals surface area contributed by atoms with Gasteiger partial charge in [0.25, 0.3) is 6.02 Å². The summed E-state index contributed by atoms with van der Waals surface area (Å²) in [7, 11) is 6.10. The van der Waals surface area contributed by atoms with Crippen molar-refractivity contribution in [2.45, 2.75) is 49.6 Å². The van der Waals surface area contributed by atoms with E-state index in [4.69, 9.17) is 20.2 Å². The molecule has 6 nitrogen and oxygen atoms in total. The third-order valence-corrected chi connectivity index (χ3v) is 7.76. The van der Waals surface area contributed by atoms with Crippen LogP contribution in [0, 0.1) is 11.3 Å². The molecule has 2 spiro atoms. The molecule has 0 radical (unpaired) electrons. The van der Waals surface area contributed by atoms with Crippen LogP contribution in [0.2, 0.25) is 0 Å². The summed E-state index contributed by atoms with van der Waals surface area (Å²) in [6.45, 7) is 2.30. The molecule has 4 atom stereocenters. The van der Waals surface area contributed by atoms with Crippen molar-refractivity contribution in [3.05, 3.63) is 48.0 Å². The van der Waals surface area contributed by atoms with Gasteiger partial charge in [-0.2, -0.15) is 0 Å². The van der Waals surface area contributed by atoms with Crippen LogP contribution in [0.3, 0.4) is 0 Å². The summed E-state index contributed by atoms with van der Waals surface area (Å²) in [5.41, 5.74) is 10.3. The lowest BCUT2D eigenvalue weighted by atomic mass is 9.44. The molecule has 30 heavy (non-hydrogen) atoms. The van der Waals surface area contributed by atoms with Crippen molar-refractivity contribution >= 4 is 21.7 Å². The normalized spacial score (nSPS) is 34.0. The van der Waals surface area contributed by atoms with Gasteiger partial charge in [0.2, 0.25) is 0 Å². The quantitative estimate of drug-likeness (QED) is 0.758. The van der Waals surface area contributed by atoms with Crippen molar-refractivity contribution in [1.82, 2.24) is 9.97 Å².